The molecule has 0 saturated carbocycles. The predicted molar refractivity (Wildman–Crippen MR) is 79.6 cm³/mol. The summed E-state index contributed by atoms with van der Waals surface area (Å²) in [6.07, 6.45) is 1.59. The fourth-order valence-electron chi connectivity index (χ4n) is 2.64. The topological polar surface area (TPSA) is 40.5 Å². The van der Waals surface area contributed by atoms with Crippen LogP contribution in [0.5, 0.6) is 0 Å². The zero-order valence-electron chi connectivity index (χ0n) is 12.2. The molecule has 0 bridgehead atoms. The first-order valence-electron chi connectivity index (χ1n) is 6.51. The molecule has 2 unspecified atom stereocenters. The number of rotatable bonds is 0. The van der Waals surface area contributed by atoms with Gasteiger partial charge >= 0.3 is 0 Å². The fraction of sp³-hybridized carbons (Fsp3) is 0.333. The van der Waals surface area contributed by atoms with Crippen molar-refractivity contribution in [1.82, 2.24) is 0 Å². The van der Waals surface area contributed by atoms with Gasteiger partial charge in [0.2, 0.25) is 0 Å². The summed E-state index contributed by atoms with van der Waals surface area (Å²) >= 11 is 0. The van der Waals surface area contributed by atoms with Gasteiger partial charge in [0.05, 0.1) is 0 Å². The van der Waals surface area contributed by atoms with Gasteiger partial charge in [-0.1, -0.05) is 35.6 Å². The first kappa shape index (κ1) is 14.4. The summed E-state index contributed by atoms with van der Waals surface area (Å²) in [5.74, 6) is 11.2. The molecule has 1 aliphatic rings. The molecular weight excluding hydrogens is 248 g/mol. The average molecular weight is 266 g/mol. The Hall–Kier alpha value is -2.00. The highest BCUT2D eigenvalue weighted by atomic mass is 16.3. The van der Waals surface area contributed by atoms with Gasteiger partial charge in [-0.25, -0.2) is 0 Å². The van der Waals surface area contributed by atoms with E-state index in [2.05, 4.69) is 23.7 Å². The average Bonchev–Trinajstić information content (AvgIpc) is 2.37. The Morgan fingerprint density at radius 1 is 0.950 bits per heavy atom. The molecule has 0 heterocycles. The van der Waals surface area contributed by atoms with Crippen LogP contribution in [0.2, 0.25) is 0 Å². The van der Waals surface area contributed by atoms with Crippen LogP contribution in [0.4, 0.5) is 0 Å². The smallest absolute Gasteiger partial charge is 0.173 e. The van der Waals surface area contributed by atoms with E-state index in [-0.39, 0.29) is 0 Å². The van der Waals surface area contributed by atoms with Gasteiger partial charge < -0.3 is 10.2 Å². The fourth-order valence-corrected chi connectivity index (χ4v) is 2.64. The maximum Gasteiger partial charge on any atom is 0.173 e. The molecular formula is C18H18O2. The molecule has 2 atom stereocenters. The number of fused-ring (bicyclic) bond motifs is 1. The molecule has 1 aromatic rings. The van der Waals surface area contributed by atoms with Crippen LogP contribution in [0.3, 0.4) is 0 Å². The van der Waals surface area contributed by atoms with Crippen LogP contribution >= 0.6 is 0 Å². The van der Waals surface area contributed by atoms with Gasteiger partial charge in [0, 0.05) is 11.1 Å². The van der Waals surface area contributed by atoms with Crippen molar-refractivity contribution in [2.24, 2.45) is 0 Å². The molecule has 0 fully saturated rings. The Labute approximate surface area is 120 Å². The van der Waals surface area contributed by atoms with Crippen molar-refractivity contribution in [3.8, 4) is 23.7 Å². The highest BCUT2D eigenvalue weighted by Crippen LogP contribution is 2.43. The summed E-state index contributed by atoms with van der Waals surface area (Å²) in [5.41, 5.74) is 0.0556. The summed E-state index contributed by atoms with van der Waals surface area (Å²) in [7, 11) is 0. The van der Waals surface area contributed by atoms with E-state index in [0.29, 0.717) is 16.7 Å². The molecule has 102 valence electrons. The Morgan fingerprint density at radius 2 is 1.60 bits per heavy atom. The maximum absolute atomic E-state index is 10.9. The van der Waals surface area contributed by atoms with Gasteiger partial charge in [-0.15, -0.1) is 11.8 Å². The van der Waals surface area contributed by atoms with E-state index in [1.54, 1.807) is 26.8 Å². The van der Waals surface area contributed by atoms with Crippen LogP contribution < -0.4 is 0 Å². The van der Waals surface area contributed by atoms with Crippen molar-refractivity contribution >= 4 is 0 Å². The Kier molecular flexibility index (Phi) is 3.48. The standard InChI is InChI=1S/C18H18O2/c1-5-9-17(19)12-14(4)18(20,10-6-2)15-8-7-13(3)11-16(15)17/h7-8,11-12,19-20H,1-4H3. The summed E-state index contributed by atoms with van der Waals surface area (Å²) in [6, 6.07) is 5.57. The zero-order valence-corrected chi connectivity index (χ0v) is 12.2. The van der Waals surface area contributed by atoms with Gasteiger partial charge in [-0.05, 0) is 39.3 Å². The van der Waals surface area contributed by atoms with E-state index in [1.807, 2.05) is 25.1 Å². The summed E-state index contributed by atoms with van der Waals surface area (Å²) in [4.78, 5) is 0. The predicted octanol–water partition coefficient (Wildman–Crippen LogP) is 2.38. The Bertz CT molecular complexity index is 706. The van der Waals surface area contributed by atoms with Crippen molar-refractivity contribution in [1.29, 1.82) is 0 Å². The minimum atomic E-state index is -1.37. The van der Waals surface area contributed by atoms with Crippen LogP contribution in [0, 0.1) is 30.6 Å². The number of hydrogen-bond acceptors (Lipinski definition) is 2. The normalized spacial score (nSPS) is 27.4. The summed E-state index contributed by atoms with van der Waals surface area (Å²) in [6.45, 7) is 7.07. The largest absolute Gasteiger partial charge is 0.370 e. The molecule has 2 rings (SSSR count). The van der Waals surface area contributed by atoms with Crippen LogP contribution in [-0.2, 0) is 11.2 Å². The molecule has 0 saturated heterocycles. The highest BCUT2D eigenvalue weighted by Gasteiger charge is 2.43. The van der Waals surface area contributed by atoms with E-state index >= 15 is 0 Å². The van der Waals surface area contributed by atoms with Crippen LogP contribution in [-0.4, -0.2) is 10.2 Å². The monoisotopic (exact) mass is 266 g/mol. The highest BCUT2D eigenvalue weighted by molar-refractivity contribution is 5.57. The van der Waals surface area contributed by atoms with Crippen LogP contribution in [0.15, 0.2) is 29.8 Å². The molecule has 2 N–H and O–H groups in total. The summed E-state index contributed by atoms with van der Waals surface area (Å²) < 4.78 is 0. The maximum atomic E-state index is 10.9. The van der Waals surface area contributed by atoms with E-state index < -0.39 is 11.2 Å². The minimum absolute atomic E-state index is 0.591. The number of benzene rings is 1. The Morgan fingerprint density at radius 3 is 2.20 bits per heavy atom. The van der Waals surface area contributed by atoms with Crippen molar-refractivity contribution in [3.63, 3.8) is 0 Å². The van der Waals surface area contributed by atoms with Gasteiger partial charge in [0.1, 0.15) is 0 Å². The molecule has 0 aliphatic heterocycles. The first-order chi connectivity index (χ1) is 9.37. The number of hydrogen-bond donors (Lipinski definition) is 2. The quantitative estimate of drug-likeness (QED) is 0.559. The molecule has 1 aliphatic carbocycles. The van der Waals surface area contributed by atoms with Crippen molar-refractivity contribution < 1.29 is 10.2 Å². The SMILES string of the molecule is CC#CC1(O)C=C(C)C(O)(C#CC)c2ccc(C)cc21. The molecule has 0 amide bonds. The molecule has 20 heavy (non-hydrogen) atoms. The third-order valence-corrected chi connectivity index (χ3v) is 3.59. The number of aryl methyl sites for hydroxylation is 1. The van der Waals surface area contributed by atoms with Gasteiger partial charge in [0.15, 0.2) is 11.2 Å². The van der Waals surface area contributed by atoms with Crippen molar-refractivity contribution in [2.75, 3.05) is 0 Å². The van der Waals surface area contributed by atoms with E-state index in [1.165, 1.54) is 0 Å². The Balaban J connectivity index is 2.85. The molecule has 0 radical (unpaired) electrons. The van der Waals surface area contributed by atoms with Crippen LogP contribution in [0.1, 0.15) is 37.5 Å². The molecule has 0 spiro atoms. The number of aliphatic hydroxyl groups is 2. The molecule has 1 aromatic carbocycles. The van der Waals surface area contributed by atoms with E-state index in [0.717, 1.165) is 5.56 Å². The lowest BCUT2D eigenvalue weighted by Crippen LogP contribution is -2.38. The molecule has 2 nitrogen and oxygen atoms in total. The zero-order chi connectivity index (χ0) is 15.0. The van der Waals surface area contributed by atoms with Crippen molar-refractivity contribution in [2.45, 2.75) is 38.9 Å². The summed E-state index contributed by atoms with van der Waals surface area (Å²) in [5, 5.41) is 21.7. The van der Waals surface area contributed by atoms with Gasteiger partial charge in [0.25, 0.3) is 0 Å². The minimum Gasteiger partial charge on any atom is -0.370 e. The molecule has 0 aromatic heterocycles. The third-order valence-electron chi connectivity index (χ3n) is 3.59. The lowest BCUT2D eigenvalue weighted by molar-refractivity contribution is 0.0999. The molecule has 2 heteroatoms. The van der Waals surface area contributed by atoms with Crippen LogP contribution in [0.25, 0.3) is 0 Å². The second-order valence-corrected chi connectivity index (χ2v) is 5.10. The van der Waals surface area contributed by atoms with E-state index in [9.17, 15) is 10.2 Å². The van der Waals surface area contributed by atoms with Gasteiger partial charge in [-0.2, -0.15) is 0 Å². The van der Waals surface area contributed by atoms with E-state index in [4.69, 9.17) is 0 Å². The van der Waals surface area contributed by atoms with Crippen molar-refractivity contribution in [3.05, 3.63) is 46.5 Å². The first-order valence-corrected chi connectivity index (χ1v) is 6.51. The lowest BCUT2D eigenvalue weighted by Gasteiger charge is -2.36. The van der Waals surface area contributed by atoms with Gasteiger partial charge in [-0.3, -0.25) is 0 Å². The second-order valence-electron chi connectivity index (χ2n) is 5.10. The third kappa shape index (κ3) is 2.04. The lowest BCUT2D eigenvalue weighted by atomic mass is 9.72. The second kappa shape index (κ2) is 4.84.